The molecule has 0 spiro atoms. The van der Waals surface area contributed by atoms with Gasteiger partial charge in [0, 0.05) is 6.54 Å². The Kier molecular flexibility index (Phi) is 5.16. The Hall–Kier alpha value is -3.42. The van der Waals surface area contributed by atoms with Crippen LogP contribution in [0.5, 0.6) is 11.5 Å². The zero-order valence-electron chi connectivity index (χ0n) is 16.1. The number of nitrogens with zero attached hydrogens (tertiary/aromatic N) is 3. The highest BCUT2D eigenvalue weighted by Gasteiger charge is 2.35. The number of ether oxygens (including phenoxy) is 2. The highest BCUT2D eigenvalue weighted by Crippen LogP contribution is 2.36. The fraction of sp³-hybridized carbons (Fsp3) is 0.286. The summed E-state index contributed by atoms with van der Waals surface area (Å²) < 4.78 is 29.8. The van der Waals surface area contributed by atoms with Gasteiger partial charge in [-0.25, -0.2) is 4.39 Å². The molecule has 2 heterocycles. The molecule has 4 rings (SSSR count). The van der Waals surface area contributed by atoms with Crippen LogP contribution >= 0.6 is 0 Å². The number of carbonyl (C=O) groups is 1. The summed E-state index contributed by atoms with van der Waals surface area (Å²) in [7, 11) is 2.91. The largest absolute Gasteiger partial charge is 0.496 e. The van der Waals surface area contributed by atoms with Crippen molar-refractivity contribution >= 4 is 5.91 Å². The van der Waals surface area contributed by atoms with Gasteiger partial charge in [-0.2, -0.15) is 4.98 Å². The molecule has 0 saturated carbocycles. The number of amides is 1. The maximum absolute atomic E-state index is 14.0. The first-order valence-corrected chi connectivity index (χ1v) is 9.24. The van der Waals surface area contributed by atoms with Crippen molar-refractivity contribution in [3.63, 3.8) is 0 Å². The van der Waals surface area contributed by atoms with Crippen molar-refractivity contribution in [2.75, 3.05) is 20.8 Å². The molecule has 2 aromatic carbocycles. The van der Waals surface area contributed by atoms with Crippen molar-refractivity contribution in [1.29, 1.82) is 0 Å². The standard InChI is InChI=1S/C21H20FN3O4/c1-27-17-11-4-3-7-13(17)21(26)25-12-6-10-16(25)19-23-20(29-24-19)14-8-5-9-15(22)18(14)28-2/h3-5,7-9,11,16H,6,10,12H2,1-2H3/t16-/m0/s1. The van der Waals surface area contributed by atoms with Crippen molar-refractivity contribution in [3.8, 4) is 23.0 Å². The molecule has 1 aliphatic rings. The molecule has 0 unspecified atom stereocenters. The number of benzene rings is 2. The SMILES string of the molecule is COc1ccccc1C(=O)N1CCC[C@H]1c1noc(-c2cccc(F)c2OC)n1. The van der Waals surface area contributed by atoms with E-state index < -0.39 is 5.82 Å². The minimum absolute atomic E-state index is 0.0380. The number of aromatic nitrogens is 2. The fourth-order valence-electron chi connectivity index (χ4n) is 3.62. The number of para-hydroxylation sites is 2. The molecule has 150 valence electrons. The van der Waals surface area contributed by atoms with Gasteiger partial charge in [0.2, 0.25) is 0 Å². The number of rotatable bonds is 5. The van der Waals surface area contributed by atoms with E-state index in [1.54, 1.807) is 35.2 Å². The second kappa shape index (κ2) is 7.90. The first kappa shape index (κ1) is 18.9. The summed E-state index contributed by atoms with van der Waals surface area (Å²) in [6.45, 7) is 0.578. The van der Waals surface area contributed by atoms with E-state index in [1.807, 2.05) is 6.07 Å². The Labute approximate surface area is 167 Å². The molecule has 8 heteroatoms. The highest BCUT2D eigenvalue weighted by atomic mass is 19.1. The van der Waals surface area contributed by atoms with E-state index in [0.717, 1.165) is 6.42 Å². The Balaban J connectivity index is 1.64. The van der Waals surface area contributed by atoms with Gasteiger partial charge < -0.3 is 18.9 Å². The van der Waals surface area contributed by atoms with E-state index in [-0.39, 0.29) is 23.6 Å². The van der Waals surface area contributed by atoms with Gasteiger partial charge in [0.1, 0.15) is 5.75 Å². The quantitative estimate of drug-likeness (QED) is 0.650. The molecule has 3 aromatic rings. The molecule has 0 bridgehead atoms. The molecule has 1 atom stereocenters. The molecule has 1 aliphatic heterocycles. The first-order valence-electron chi connectivity index (χ1n) is 9.24. The maximum Gasteiger partial charge on any atom is 0.261 e. The normalized spacial score (nSPS) is 16.1. The third kappa shape index (κ3) is 3.41. The van der Waals surface area contributed by atoms with E-state index >= 15 is 0 Å². The molecule has 0 N–H and O–H groups in total. The van der Waals surface area contributed by atoms with Gasteiger partial charge in [0.15, 0.2) is 17.4 Å². The predicted octanol–water partition coefficient (Wildman–Crippen LogP) is 3.87. The van der Waals surface area contributed by atoms with Gasteiger partial charge >= 0.3 is 0 Å². The van der Waals surface area contributed by atoms with Crippen LogP contribution < -0.4 is 9.47 Å². The van der Waals surface area contributed by atoms with E-state index in [4.69, 9.17) is 14.0 Å². The Morgan fingerprint density at radius 2 is 2.00 bits per heavy atom. The molecule has 0 aliphatic carbocycles. The average Bonchev–Trinajstić information content (AvgIpc) is 3.42. The Morgan fingerprint density at radius 1 is 1.17 bits per heavy atom. The molecule has 1 saturated heterocycles. The van der Waals surface area contributed by atoms with Gasteiger partial charge in [-0.15, -0.1) is 0 Å². The summed E-state index contributed by atoms with van der Waals surface area (Å²) in [5, 5.41) is 4.06. The van der Waals surface area contributed by atoms with Crippen LogP contribution in [-0.4, -0.2) is 41.7 Å². The molecule has 1 fully saturated rings. The number of carbonyl (C=O) groups excluding carboxylic acids is 1. The zero-order chi connectivity index (χ0) is 20.4. The van der Waals surface area contributed by atoms with Crippen molar-refractivity contribution in [2.24, 2.45) is 0 Å². The third-order valence-corrected chi connectivity index (χ3v) is 4.99. The van der Waals surface area contributed by atoms with Crippen molar-refractivity contribution < 1.29 is 23.2 Å². The molecule has 0 radical (unpaired) electrons. The van der Waals surface area contributed by atoms with E-state index in [9.17, 15) is 9.18 Å². The molecule has 1 aromatic heterocycles. The Bertz CT molecular complexity index is 1040. The topological polar surface area (TPSA) is 77.7 Å². The van der Waals surface area contributed by atoms with Crippen LogP contribution in [0, 0.1) is 5.82 Å². The number of halogens is 1. The summed E-state index contributed by atoms with van der Waals surface area (Å²) in [6, 6.07) is 11.2. The molecular formula is C21H20FN3O4. The minimum atomic E-state index is -0.515. The van der Waals surface area contributed by atoms with Crippen molar-refractivity contribution in [2.45, 2.75) is 18.9 Å². The van der Waals surface area contributed by atoms with Crippen LogP contribution in [0.2, 0.25) is 0 Å². The van der Waals surface area contributed by atoms with Gasteiger partial charge in [0.25, 0.3) is 11.8 Å². The number of hydrogen-bond donors (Lipinski definition) is 0. The van der Waals surface area contributed by atoms with Crippen LogP contribution in [-0.2, 0) is 0 Å². The maximum atomic E-state index is 14.0. The number of hydrogen-bond acceptors (Lipinski definition) is 6. The Morgan fingerprint density at radius 3 is 2.79 bits per heavy atom. The van der Waals surface area contributed by atoms with Gasteiger partial charge in [0.05, 0.1) is 31.4 Å². The number of methoxy groups -OCH3 is 2. The summed E-state index contributed by atoms with van der Waals surface area (Å²) >= 11 is 0. The van der Waals surface area contributed by atoms with Crippen molar-refractivity contribution in [1.82, 2.24) is 15.0 Å². The van der Waals surface area contributed by atoms with Gasteiger partial charge in [-0.3, -0.25) is 4.79 Å². The lowest BCUT2D eigenvalue weighted by atomic mass is 10.1. The van der Waals surface area contributed by atoms with E-state index in [0.29, 0.717) is 35.7 Å². The number of likely N-dealkylation sites (tertiary alicyclic amines) is 1. The van der Waals surface area contributed by atoms with Crippen LogP contribution in [0.1, 0.15) is 35.1 Å². The predicted molar refractivity (Wildman–Crippen MR) is 102 cm³/mol. The van der Waals surface area contributed by atoms with Gasteiger partial charge in [-0.1, -0.05) is 23.4 Å². The van der Waals surface area contributed by atoms with E-state index in [2.05, 4.69) is 10.1 Å². The monoisotopic (exact) mass is 397 g/mol. The van der Waals surface area contributed by atoms with Crippen LogP contribution in [0.25, 0.3) is 11.5 Å². The summed E-state index contributed by atoms with van der Waals surface area (Å²) in [5.41, 5.74) is 0.851. The second-order valence-corrected chi connectivity index (χ2v) is 6.64. The van der Waals surface area contributed by atoms with Crippen LogP contribution in [0.3, 0.4) is 0 Å². The van der Waals surface area contributed by atoms with Crippen LogP contribution in [0.4, 0.5) is 4.39 Å². The lowest BCUT2D eigenvalue weighted by Gasteiger charge is -2.23. The third-order valence-electron chi connectivity index (χ3n) is 4.99. The lowest BCUT2D eigenvalue weighted by molar-refractivity contribution is 0.0725. The summed E-state index contributed by atoms with van der Waals surface area (Å²) in [4.78, 5) is 19.3. The first-order chi connectivity index (χ1) is 14.1. The smallest absolute Gasteiger partial charge is 0.261 e. The molecule has 1 amide bonds. The minimum Gasteiger partial charge on any atom is -0.496 e. The molecular weight excluding hydrogens is 377 g/mol. The molecule has 29 heavy (non-hydrogen) atoms. The zero-order valence-corrected chi connectivity index (χ0v) is 16.1. The fourth-order valence-corrected chi connectivity index (χ4v) is 3.62. The van der Waals surface area contributed by atoms with Gasteiger partial charge in [-0.05, 0) is 37.1 Å². The average molecular weight is 397 g/mol. The second-order valence-electron chi connectivity index (χ2n) is 6.64. The van der Waals surface area contributed by atoms with Crippen molar-refractivity contribution in [3.05, 3.63) is 59.7 Å². The lowest BCUT2D eigenvalue weighted by Crippen LogP contribution is -2.31. The van der Waals surface area contributed by atoms with Crippen LogP contribution in [0.15, 0.2) is 47.0 Å². The molecule has 7 nitrogen and oxygen atoms in total. The summed E-state index contributed by atoms with van der Waals surface area (Å²) in [6.07, 6.45) is 1.53. The highest BCUT2D eigenvalue weighted by molar-refractivity contribution is 5.97. The summed E-state index contributed by atoms with van der Waals surface area (Å²) in [5.74, 6) is 0.413. The van der Waals surface area contributed by atoms with E-state index in [1.165, 1.54) is 20.3 Å².